The number of carbonyl (C=O) groups excluding carboxylic acids is 4. The third kappa shape index (κ3) is 4.67. The van der Waals surface area contributed by atoms with Crippen molar-refractivity contribution in [3.63, 3.8) is 0 Å². The quantitative estimate of drug-likeness (QED) is 0.275. The van der Waals surface area contributed by atoms with Crippen molar-refractivity contribution in [3.05, 3.63) is 59.4 Å². The van der Waals surface area contributed by atoms with Crippen LogP contribution in [0.3, 0.4) is 0 Å². The second-order valence-electron chi connectivity index (χ2n) is 13.2. The predicted molar refractivity (Wildman–Crippen MR) is 164 cm³/mol. The van der Waals surface area contributed by atoms with Crippen LogP contribution in [0, 0.1) is 11.7 Å². The summed E-state index contributed by atoms with van der Waals surface area (Å²) in [5, 5.41) is 15.8. The van der Waals surface area contributed by atoms with Gasteiger partial charge in [-0.25, -0.2) is 4.39 Å². The third-order valence-corrected chi connectivity index (χ3v) is 9.65. The molecule has 2 N–H and O–H groups in total. The molecule has 4 amide bonds. The molecule has 46 heavy (non-hydrogen) atoms. The monoisotopic (exact) mass is 624 g/mol. The summed E-state index contributed by atoms with van der Waals surface area (Å²) in [5.41, 5.74) is 4.24. The summed E-state index contributed by atoms with van der Waals surface area (Å²) >= 11 is 0. The Kier molecular flexibility index (Phi) is 6.55. The van der Waals surface area contributed by atoms with E-state index < -0.39 is 35.5 Å². The number of fused-ring (bicyclic) bond motifs is 2. The fourth-order valence-electron chi connectivity index (χ4n) is 6.83. The largest absolute Gasteiger partial charge is 0.385 e. The Morgan fingerprint density at radius 1 is 1.00 bits per heavy atom. The Morgan fingerprint density at radius 3 is 2.52 bits per heavy atom. The summed E-state index contributed by atoms with van der Waals surface area (Å²) in [7, 11) is 0. The van der Waals surface area contributed by atoms with Crippen LogP contribution in [0.4, 0.5) is 10.1 Å². The van der Waals surface area contributed by atoms with Crippen LogP contribution in [0.25, 0.3) is 22.2 Å². The molecule has 12 nitrogen and oxygen atoms in total. The minimum atomic E-state index is -0.987. The van der Waals surface area contributed by atoms with E-state index in [0.29, 0.717) is 29.3 Å². The standard InChI is InChI=1S/C33H33FN8O4/c1-16(2)40-14-24-29(36-13-25(34)30(24)39-40)23-15-41(38-28(23)18-3-4-18)20-9-17(10-20)12-35-19-5-6-21-22(11-19)33(46)42(32(21)45)26-7-8-27(43)37-31(26)44/h5-6,11,13-18,20,26,35H,3-4,7-10,12H2,1-2H3,(H,37,43,44)/t17-,20-,26?. The van der Waals surface area contributed by atoms with Crippen LogP contribution in [0.1, 0.15) is 96.8 Å². The SMILES string of the molecule is CC(C)n1cc2c(-c3cn([C@H]4C[C@H](CNc5ccc6c(c5)C(=O)N(C5CCC(=O)NC5=O)C6=O)C4)nc3C3CC3)ncc(F)c2n1. The number of hydrogen-bond donors (Lipinski definition) is 2. The van der Waals surface area contributed by atoms with E-state index in [1.54, 1.807) is 22.9 Å². The van der Waals surface area contributed by atoms with E-state index in [4.69, 9.17) is 5.10 Å². The minimum absolute atomic E-state index is 0.0810. The molecule has 8 rings (SSSR count). The van der Waals surface area contributed by atoms with E-state index in [2.05, 4.69) is 26.9 Å². The number of aromatic nitrogens is 5. The molecule has 1 unspecified atom stereocenters. The van der Waals surface area contributed by atoms with Crippen LogP contribution < -0.4 is 10.6 Å². The van der Waals surface area contributed by atoms with Crippen molar-refractivity contribution in [2.24, 2.45) is 5.92 Å². The van der Waals surface area contributed by atoms with Gasteiger partial charge in [-0.15, -0.1) is 0 Å². The van der Waals surface area contributed by atoms with Crippen molar-refractivity contribution in [2.75, 3.05) is 11.9 Å². The number of amides is 4. The van der Waals surface area contributed by atoms with Crippen molar-refractivity contribution >= 4 is 40.2 Å². The van der Waals surface area contributed by atoms with Crippen LogP contribution in [0.15, 0.2) is 36.8 Å². The zero-order valence-electron chi connectivity index (χ0n) is 25.5. The lowest BCUT2D eigenvalue weighted by molar-refractivity contribution is -0.136. The number of nitrogens with zero attached hydrogens (tertiary/aromatic N) is 6. The highest BCUT2D eigenvalue weighted by molar-refractivity contribution is 6.23. The van der Waals surface area contributed by atoms with E-state index in [9.17, 15) is 23.6 Å². The molecule has 2 aliphatic carbocycles. The molecular formula is C33H33FN8O4. The van der Waals surface area contributed by atoms with E-state index in [1.165, 1.54) is 6.20 Å². The van der Waals surface area contributed by atoms with E-state index >= 15 is 0 Å². The van der Waals surface area contributed by atoms with Crippen LogP contribution in [0.2, 0.25) is 0 Å². The zero-order valence-corrected chi connectivity index (χ0v) is 25.5. The van der Waals surface area contributed by atoms with Gasteiger partial charge in [0.1, 0.15) is 11.6 Å². The molecule has 2 aliphatic heterocycles. The molecule has 1 aromatic carbocycles. The topological polar surface area (TPSA) is 144 Å². The van der Waals surface area contributed by atoms with Crippen LogP contribution >= 0.6 is 0 Å². The van der Waals surface area contributed by atoms with E-state index in [1.807, 2.05) is 24.7 Å². The van der Waals surface area contributed by atoms with Gasteiger partial charge in [0, 0.05) is 54.0 Å². The first-order valence-electron chi connectivity index (χ1n) is 15.9. The Morgan fingerprint density at radius 2 is 1.78 bits per heavy atom. The lowest BCUT2D eigenvalue weighted by atomic mass is 9.80. The maximum Gasteiger partial charge on any atom is 0.262 e. The smallest absolute Gasteiger partial charge is 0.262 e. The molecule has 4 aliphatic rings. The van der Waals surface area contributed by atoms with Gasteiger partial charge in [0.2, 0.25) is 11.8 Å². The van der Waals surface area contributed by atoms with Crippen molar-refractivity contribution in [2.45, 2.75) is 76.4 Å². The summed E-state index contributed by atoms with van der Waals surface area (Å²) in [5.74, 6) is -1.73. The molecule has 1 saturated heterocycles. The maximum atomic E-state index is 14.7. The average molecular weight is 625 g/mol. The molecule has 3 fully saturated rings. The average Bonchev–Trinajstić information content (AvgIpc) is 3.50. The first-order valence-corrected chi connectivity index (χ1v) is 15.9. The van der Waals surface area contributed by atoms with Gasteiger partial charge in [0.15, 0.2) is 5.82 Å². The molecule has 1 atom stereocenters. The summed E-state index contributed by atoms with van der Waals surface area (Å²) in [6, 6.07) is 4.39. The van der Waals surface area contributed by atoms with Crippen molar-refractivity contribution < 1.29 is 23.6 Å². The number of nitrogens with one attached hydrogen (secondary N) is 2. The molecule has 236 valence electrons. The normalized spacial score (nSPS) is 22.9. The predicted octanol–water partition coefficient (Wildman–Crippen LogP) is 4.36. The van der Waals surface area contributed by atoms with Gasteiger partial charge in [0.25, 0.3) is 11.8 Å². The molecule has 0 spiro atoms. The number of rotatable bonds is 8. The summed E-state index contributed by atoms with van der Waals surface area (Å²) < 4.78 is 18.5. The number of anilines is 1. The second kappa shape index (κ2) is 10.6. The van der Waals surface area contributed by atoms with Crippen LogP contribution in [-0.2, 0) is 9.59 Å². The van der Waals surface area contributed by atoms with Gasteiger partial charge in [-0.3, -0.25) is 43.7 Å². The van der Waals surface area contributed by atoms with Crippen LogP contribution in [-0.4, -0.2) is 65.7 Å². The number of pyridine rings is 1. The number of benzene rings is 1. The Balaban J connectivity index is 0.947. The highest BCUT2D eigenvalue weighted by atomic mass is 19.1. The number of carbonyl (C=O) groups is 4. The minimum Gasteiger partial charge on any atom is -0.385 e. The van der Waals surface area contributed by atoms with E-state index in [-0.39, 0.29) is 36.1 Å². The van der Waals surface area contributed by atoms with E-state index in [0.717, 1.165) is 53.2 Å². The second-order valence-corrected chi connectivity index (χ2v) is 13.2. The first kappa shape index (κ1) is 28.5. The maximum absolute atomic E-state index is 14.7. The molecule has 0 radical (unpaired) electrons. The highest BCUT2D eigenvalue weighted by Crippen LogP contribution is 2.46. The fraction of sp³-hybridized carbons (Fsp3) is 0.424. The number of piperidine rings is 1. The van der Waals surface area contributed by atoms with Gasteiger partial charge in [-0.2, -0.15) is 10.2 Å². The summed E-state index contributed by atoms with van der Waals surface area (Å²) in [6.07, 6.45) is 9.39. The van der Waals surface area contributed by atoms with Crippen molar-refractivity contribution in [1.82, 2.24) is 34.8 Å². The van der Waals surface area contributed by atoms with Gasteiger partial charge < -0.3 is 5.32 Å². The highest BCUT2D eigenvalue weighted by Gasteiger charge is 2.44. The lowest BCUT2D eigenvalue weighted by Crippen LogP contribution is -2.54. The van der Waals surface area contributed by atoms with Gasteiger partial charge >= 0.3 is 0 Å². The van der Waals surface area contributed by atoms with Gasteiger partial charge in [0.05, 0.1) is 34.8 Å². The molecular weight excluding hydrogens is 591 g/mol. The Bertz CT molecular complexity index is 1950. The summed E-state index contributed by atoms with van der Waals surface area (Å²) in [4.78, 5) is 55.5. The van der Waals surface area contributed by atoms with Crippen LogP contribution in [0.5, 0.6) is 0 Å². The number of hydrogen-bond acceptors (Lipinski definition) is 8. The number of imide groups is 2. The molecule has 4 aromatic rings. The first-order chi connectivity index (χ1) is 22.2. The molecule has 13 heteroatoms. The Hall–Kier alpha value is -4.94. The summed E-state index contributed by atoms with van der Waals surface area (Å²) in [6.45, 7) is 4.70. The molecule has 3 aromatic heterocycles. The van der Waals surface area contributed by atoms with Gasteiger partial charge in [-0.05, 0) is 70.1 Å². The molecule has 2 saturated carbocycles. The fourth-order valence-corrected chi connectivity index (χ4v) is 6.83. The number of halogens is 1. The molecule has 0 bridgehead atoms. The van der Waals surface area contributed by atoms with Crippen molar-refractivity contribution in [1.29, 1.82) is 0 Å². The van der Waals surface area contributed by atoms with Crippen molar-refractivity contribution in [3.8, 4) is 11.3 Å². The third-order valence-electron chi connectivity index (χ3n) is 9.65. The zero-order chi connectivity index (χ0) is 31.9. The molecule has 5 heterocycles. The Labute approximate surface area is 263 Å². The lowest BCUT2D eigenvalue weighted by Gasteiger charge is -2.35. The van der Waals surface area contributed by atoms with Gasteiger partial charge in [-0.1, -0.05) is 0 Å².